The van der Waals surface area contributed by atoms with Crippen LogP contribution in [0.4, 0.5) is 11.5 Å². The van der Waals surface area contributed by atoms with E-state index in [4.69, 9.17) is 4.74 Å². The number of aryl methyl sites for hydroxylation is 1. The van der Waals surface area contributed by atoms with E-state index >= 15 is 0 Å². The van der Waals surface area contributed by atoms with Gasteiger partial charge in [-0.2, -0.15) is 0 Å². The van der Waals surface area contributed by atoms with Crippen LogP contribution >= 0.6 is 12.4 Å². The second-order valence-corrected chi connectivity index (χ2v) is 7.63. The third kappa shape index (κ3) is 4.81. The molecule has 3 aromatic carbocycles. The predicted molar refractivity (Wildman–Crippen MR) is 134 cm³/mol. The maximum atomic E-state index is 5.88. The van der Waals surface area contributed by atoms with Crippen molar-refractivity contribution in [2.45, 2.75) is 13.5 Å². The summed E-state index contributed by atoms with van der Waals surface area (Å²) in [5.74, 6) is 2.55. The highest BCUT2D eigenvalue weighted by Gasteiger charge is 2.10. The maximum absolute atomic E-state index is 5.88. The van der Waals surface area contributed by atoms with Crippen molar-refractivity contribution in [3.05, 3.63) is 96.7 Å². The van der Waals surface area contributed by atoms with E-state index in [2.05, 4.69) is 49.1 Å². The lowest BCUT2D eigenvalue weighted by Crippen LogP contribution is -1.98. The molecular weight excluding hydrogens is 434 g/mol. The van der Waals surface area contributed by atoms with Crippen molar-refractivity contribution in [2.24, 2.45) is 7.05 Å². The minimum absolute atomic E-state index is 0. The molecular formula is C26H24ClN5O. The number of fused-ring (bicyclic) bond motifs is 1. The number of halogens is 1. The first kappa shape index (κ1) is 22.3. The molecule has 33 heavy (non-hydrogen) atoms. The molecule has 0 bridgehead atoms. The van der Waals surface area contributed by atoms with Gasteiger partial charge in [0, 0.05) is 23.7 Å². The molecule has 0 aliphatic carbocycles. The van der Waals surface area contributed by atoms with Crippen molar-refractivity contribution in [3.63, 3.8) is 0 Å². The summed E-state index contributed by atoms with van der Waals surface area (Å²) in [6.45, 7) is 2.54. The van der Waals surface area contributed by atoms with Gasteiger partial charge in [0.1, 0.15) is 30.3 Å². The molecule has 0 saturated heterocycles. The van der Waals surface area contributed by atoms with Gasteiger partial charge in [-0.1, -0.05) is 36.4 Å². The molecule has 0 aliphatic rings. The molecule has 2 aromatic heterocycles. The Morgan fingerprint density at radius 3 is 2.42 bits per heavy atom. The zero-order valence-corrected chi connectivity index (χ0v) is 19.2. The summed E-state index contributed by atoms with van der Waals surface area (Å²) < 4.78 is 7.96. The lowest BCUT2D eigenvalue weighted by Gasteiger charge is -2.11. The van der Waals surface area contributed by atoms with Crippen molar-refractivity contribution >= 4 is 34.8 Å². The smallest absolute Gasteiger partial charge is 0.141 e. The Balaban J connectivity index is 0.00000259. The normalized spacial score (nSPS) is 10.6. The fourth-order valence-corrected chi connectivity index (χ4v) is 3.60. The molecule has 0 radical (unpaired) electrons. The van der Waals surface area contributed by atoms with E-state index in [1.165, 1.54) is 0 Å². The van der Waals surface area contributed by atoms with E-state index in [1.54, 1.807) is 6.33 Å². The Kier molecular flexibility index (Phi) is 6.56. The third-order valence-corrected chi connectivity index (χ3v) is 5.52. The number of nitrogens with zero attached hydrogens (tertiary/aromatic N) is 4. The molecule has 5 aromatic rings. The maximum Gasteiger partial charge on any atom is 0.141 e. The fraction of sp³-hybridized carbons (Fsp3) is 0.115. The minimum Gasteiger partial charge on any atom is -0.489 e. The van der Waals surface area contributed by atoms with Gasteiger partial charge >= 0.3 is 0 Å². The quantitative estimate of drug-likeness (QED) is 0.334. The standard InChI is InChI=1S/C26H23N5O.ClH/c1-18-27-15-25(31(18)2)20-8-13-24-23(14-20)26(29-17-28-24)30-21-9-11-22(12-10-21)32-16-19-6-4-3-5-7-19;/h3-15,17H,16H2,1-2H3,(H,28,29,30);1H. The van der Waals surface area contributed by atoms with Crippen LogP contribution in [0.15, 0.2) is 85.3 Å². The number of nitrogens with one attached hydrogen (secondary N) is 1. The topological polar surface area (TPSA) is 64.9 Å². The average Bonchev–Trinajstić information content (AvgIpc) is 3.17. The SMILES string of the molecule is Cc1ncc(-c2ccc3ncnc(Nc4ccc(OCc5ccccc5)cc4)c3c2)n1C.Cl. The van der Waals surface area contributed by atoms with Gasteiger partial charge in [-0.15, -0.1) is 12.4 Å². The summed E-state index contributed by atoms with van der Waals surface area (Å²) in [7, 11) is 2.02. The van der Waals surface area contributed by atoms with Crippen LogP contribution in [-0.2, 0) is 13.7 Å². The van der Waals surface area contributed by atoms with Gasteiger partial charge in [-0.25, -0.2) is 15.0 Å². The Labute approximate surface area is 198 Å². The number of imidazole rings is 1. The first-order valence-electron chi connectivity index (χ1n) is 10.4. The summed E-state index contributed by atoms with van der Waals surface area (Å²) in [5.41, 5.74) is 5.08. The largest absolute Gasteiger partial charge is 0.489 e. The van der Waals surface area contributed by atoms with E-state index in [1.807, 2.05) is 68.7 Å². The Bertz CT molecular complexity index is 1370. The number of hydrogen-bond donors (Lipinski definition) is 1. The Morgan fingerprint density at radius 2 is 1.70 bits per heavy atom. The number of rotatable bonds is 6. The molecule has 0 spiro atoms. The van der Waals surface area contributed by atoms with Crippen LogP contribution in [0.25, 0.3) is 22.2 Å². The molecule has 7 heteroatoms. The second kappa shape index (κ2) is 9.71. The molecule has 0 fully saturated rings. The van der Waals surface area contributed by atoms with Crippen LogP contribution in [0.3, 0.4) is 0 Å². The summed E-state index contributed by atoms with van der Waals surface area (Å²) in [4.78, 5) is 13.3. The zero-order valence-electron chi connectivity index (χ0n) is 18.4. The molecule has 6 nitrogen and oxygen atoms in total. The number of hydrogen-bond acceptors (Lipinski definition) is 5. The zero-order chi connectivity index (χ0) is 21.9. The Hall–Kier alpha value is -3.90. The van der Waals surface area contributed by atoms with E-state index in [0.717, 1.165) is 50.8 Å². The molecule has 2 heterocycles. The summed E-state index contributed by atoms with van der Waals surface area (Å²) in [6, 6.07) is 24.2. The molecule has 0 amide bonds. The third-order valence-electron chi connectivity index (χ3n) is 5.52. The molecule has 0 saturated carbocycles. The van der Waals surface area contributed by atoms with Crippen molar-refractivity contribution < 1.29 is 4.74 Å². The molecule has 0 unspecified atom stereocenters. The van der Waals surface area contributed by atoms with Crippen molar-refractivity contribution in [2.75, 3.05) is 5.32 Å². The number of ether oxygens (including phenoxy) is 1. The van der Waals surface area contributed by atoms with Gasteiger partial charge in [0.2, 0.25) is 0 Å². The molecule has 1 N–H and O–H groups in total. The predicted octanol–water partition coefficient (Wildman–Crippen LogP) is 6.08. The first-order valence-corrected chi connectivity index (χ1v) is 10.4. The van der Waals surface area contributed by atoms with Gasteiger partial charge in [0.15, 0.2) is 0 Å². The average molecular weight is 458 g/mol. The van der Waals surface area contributed by atoms with Crippen molar-refractivity contribution in [3.8, 4) is 17.0 Å². The summed E-state index contributed by atoms with van der Waals surface area (Å²) >= 11 is 0. The fourth-order valence-electron chi connectivity index (χ4n) is 3.60. The number of benzene rings is 3. The second-order valence-electron chi connectivity index (χ2n) is 7.63. The van der Waals surface area contributed by atoms with Crippen LogP contribution in [-0.4, -0.2) is 19.5 Å². The summed E-state index contributed by atoms with van der Waals surface area (Å²) in [5, 5.41) is 4.37. The van der Waals surface area contributed by atoms with Crippen LogP contribution in [0.2, 0.25) is 0 Å². The van der Waals surface area contributed by atoms with Gasteiger partial charge in [-0.05, 0) is 48.9 Å². The van der Waals surface area contributed by atoms with Gasteiger partial charge in [0.05, 0.1) is 17.4 Å². The van der Waals surface area contributed by atoms with Crippen molar-refractivity contribution in [1.82, 2.24) is 19.5 Å². The monoisotopic (exact) mass is 457 g/mol. The van der Waals surface area contributed by atoms with E-state index < -0.39 is 0 Å². The Morgan fingerprint density at radius 1 is 0.909 bits per heavy atom. The van der Waals surface area contributed by atoms with E-state index in [-0.39, 0.29) is 12.4 Å². The van der Waals surface area contributed by atoms with Crippen molar-refractivity contribution in [1.29, 1.82) is 0 Å². The molecule has 166 valence electrons. The number of anilines is 2. The van der Waals surface area contributed by atoms with Gasteiger partial charge in [0.25, 0.3) is 0 Å². The lowest BCUT2D eigenvalue weighted by molar-refractivity contribution is 0.306. The van der Waals surface area contributed by atoms with Gasteiger partial charge in [-0.3, -0.25) is 0 Å². The van der Waals surface area contributed by atoms with Gasteiger partial charge < -0.3 is 14.6 Å². The van der Waals surface area contributed by atoms with Crippen LogP contribution in [0.1, 0.15) is 11.4 Å². The van der Waals surface area contributed by atoms with Crippen LogP contribution in [0, 0.1) is 6.92 Å². The highest BCUT2D eigenvalue weighted by Crippen LogP contribution is 2.29. The van der Waals surface area contributed by atoms with E-state index in [9.17, 15) is 0 Å². The molecule has 0 atom stereocenters. The van der Waals surface area contributed by atoms with Crippen LogP contribution in [0.5, 0.6) is 5.75 Å². The minimum atomic E-state index is 0. The number of aromatic nitrogens is 4. The van der Waals surface area contributed by atoms with E-state index in [0.29, 0.717) is 6.61 Å². The van der Waals surface area contributed by atoms with Crippen LogP contribution < -0.4 is 10.1 Å². The first-order chi connectivity index (χ1) is 15.7. The highest BCUT2D eigenvalue weighted by atomic mass is 35.5. The summed E-state index contributed by atoms with van der Waals surface area (Å²) in [6.07, 6.45) is 3.47. The highest BCUT2D eigenvalue weighted by molar-refractivity contribution is 5.93. The lowest BCUT2D eigenvalue weighted by atomic mass is 10.1. The molecule has 0 aliphatic heterocycles. The molecule has 5 rings (SSSR count).